The van der Waals surface area contributed by atoms with E-state index in [0.29, 0.717) is 6.42 Å². The topological polar surface area (TPSA) is 64.3 Å². The summed E-state index contributed by atoms with van der Waals surface area (Å²) in [5.74, 6) is 0.715. The molecule has 4 nitrogen and oxygen atoms in total. The summed E-state index contributed by atoms with van der Waals surface area (Å²) in [4.78, 5) is 10.6. The molecule has 0 unspecified atom stereocenters. The van der Waals surface area contributed by atoms with Crippen LogP contribution in [0.15, 0.2) is 24.3 Å². The maximum atomic E-state index is 10.6. The second-order valence-corrected chi connectivity index (χ2v) is 4.95. The zero-order chi connectivity index (χ0) is 14.6. The zero-order valence-corrected chi connectivity index (χ0v) is 12.4. The third-order valence-corrected chi connectivity index (χ3v) is 3.05. The molecule has 0 aromatic heterocycles. The fraction of sp³-hybridized carbons (Fsp3) is 0.562. The van der Waals surface area contributed by atoms with Gasteiger partial charge in [-0.2, -0.15) is 0 Å². The number of amides is 1. The van der Waals surface area contributed by atoms with Gasteiger partial charge in [-0.3, -0.25) is 4.79 Å². The SMILES string of the molecule is CCCCOc1ccc(CNCCCCC(N)=O)cc1. The first-order valence-electron chi connectivity index (χ1n) is 7.43. The number of nitrogens with one attached hydrogen (secondary N) is 1. The van der Waals surface area contributed by atoms with Gasteiger partial charge < -0.3 is 15.8 Å². The van der Waals surface area contributed by atoms with Crippen LogP contribution in [-0.4, -0.2) is 19.1 Å². The van der Waals surface area contributed by atoms with E-state index in [1.807, 2.05) is 12.1 Å². The van der Waals surface area contributed by atoms with Crippen LogP contribution in [0.25, 0.3) is 0 Å². The maximum Gasteiger partial charge on any atom is 0.217 e. The van der Waals surface area contributed by atoms with Crippen molar-refractivity contribution in [3.8, 4) is 5.75 Å². The summed E-state index contributed by atoms with van der Waals surface area (Å²) in [6.45, 7) is 4.68. The summed E-state index contributed by atoms with van der Waals surface area (Å²) in [5.41, 5.74) is 6.32. The number of carbonyl (C=O) groups is 1. The molecule has 0 aliphatic rings. The van der Waals surface area contributed by atoms with Gasteiger partial charge in [-0.1, -0.05) is 25.5 Å². The molecule has 112 valence electrons. The van der Waals surface area contributed by atoms with Crippen molar-refractivity contribution < 1.29 is 9.53 Å². The van der Waals surface area contributed by atoms with Crippen LogP contribution in [-0.2, 0) is 11.3 Å². The predicted molar refractivity (Wildman–Crippen MR) is 81.6 cm³/mol. The minimum atomic E-state index is -0.219. The standard InChI is InChI=1S/C16H26N2O2/c1-2-3-12-20-15-9-7-14(8-10-15)13-18-11-5-4-6-16(17)19/h7-10,18H,2-6,11-13H2,1H3,(H2,17,19). The molecule has 0 bridgehead atoms. The highest BCUT2D eigenvalue weighted by molar-refractivity contribution is 5.73. The van der Waals surface area contributed by atoms with E-state index in [9.17, 15) is 4.79 Å². The molecule has 0 spiro atoms. The number of benzene rings is 1. The monoisotopic (exact) mass is 278 g/mol. The molecule has 1 amide bonds. The second kappa shape index (κ2) is 10.3. The number of primary amides is 1. The van der Waals surface area contributed by atoms with Crippen LogP contribution in [0.4, 0.5) is 0 Å². The summed E-state index contributed by atoms with van der Waals surface area (Å²) in [5, 5.41) is 3.35. The van der Waals surface area contributed by atoms with Crippen LogP contribution >= 0.6 is 0 Å². The molecule has 0 atom stereocenters. The summed E-state index contributed by atoms with van der Waals surface area (Å²) in [6.07, 6.45) is 4.55. The summed E-state index contributed by atoms with van der Waals surface area (Å²) >= 11 is 0. The second-order valence-electron chi connectivity index (χ2n) is 4.95. The van der Waals surface area contributed by atoms with E-state index in [0.717, 1.165) is 51.1 Å². The van der Waals surface area contributed by atoms with E-state index < -0.39 is 0 Å². The van der Waals surface area contributed by atoms with Crippen LogP contribution in [0.1, 0.15) is 44.6 Å². The van der Waals surface area contributed by atoms with Gasteiger partial charge >= 0.3 is 0 Å². The number of unbranched alkanes of at least 4 members (excludes halogenated alkanes) is 2. The molecule has 1 rings (SSSR count). The molecular formula is C16H26N2O2. The number of nitrogens with two attached hydrogens (primary N) is 1. The number of rotatable bonds is 11. The Morgan fingerprint density at radius 3 is 2.60 bits per heavy atom. The molecule has 0 fully saturated rings. The first kappa shape index (κ1) is 16.5. The highest BCUT2D eigenvalue weighted by Crippen LogP contribution is 2.12. The average molecular weight is 278 g/mol. The summed E-state index contributed by atoms with van der Waals surface area (Å²) in [7, 11) is 0. The molecule has 1 aromatic carbocycles. The Bertz CT molecular complexity index is 377. The first-order valence-corrected chi connectivity index (χ1v) is 7.43. The minimum absolute atomic E-state index is 0.219. The largest absolute Gasteiger partial charge is 0.494 e. The molecule has 4 heteroatoms. The lowest BCUT2D eigenvalue weighted by Crippen LogP contribution is -2.16. The third-order valence-electron chi connectivity index (χ3n) is 3.05. The van der Waals surface area contributed by atoms with E-state index in [-0.39, 0.29) is 5.91 Å². The summed E-state index contributed by atoms with van der Waals surface area (Å²) in [6, 6.07) is 8.19. The average Bonchev–Trinajstić information content (AvgIpc) is 2.44. The van der Waals surface area contributed by atoms with Gasteiger partial charge in [-0.05, 0) is 43.5 Å². The predicted octanol–water partition coefficient (Wildman–Crippen LogP) is 2.61. The zero-order valence-electron chi connectivity index (χ0n) is 12.4. The van der Waals surface area contributed by atoms with Crippen LogP contribution in [0.3, 0.4) is 0 Å². The van der Waals surface area contributed by atoms with Gasteiger partial charge in [0.2, 0.25) is 5.91 Å². The van der Waals surface area contributed by atoms with Gasteiger partial charge in [0.25, 0.3) is 0 Å². The van der Waals surface area contributed by atoms with Gasteiger partial charge in [-0.15, -0.1) is 0 Å². The Balaban J connectivity index is 2.13. The Kier molecular flexibility index (Phi) is 8.47. The van der Waals surface area contributed by atoms with Gasteiger partial charge in [0.1, 0.15) is 5.75 Å². The van der Waals surface area contributed by atoms with E-state index in [4.69, 9.17) is 10.5 Å². The van der Waals surface area contributed by atoms with Crippen LogP contribution in [0.5, 0.6) is 5.75 Å². The molecule has 1 aromatic rings. The number of hydrogen-bond acceptors (Lipinski definition) is 3. The minimum Gasteiger partial charge on any atom is -0.494 e. The fourth-order valence-corrected chi connectivity index (χ4v) is 1.82. The van der Waals surface area contributed by atoms with Crippen molar-refractivity contribution in [2.24, 2.45) is 5.73 Å². The van der Waals surface area contributed by atoms with Crippen LogP contribution < -0.4 is 15.8 Å². The molecule has 0 radical (unpaired) electrons. The van der Waals surface area contributed by atoms with Crippen molar-refractivity contribution in [2.75, 3.05) is 13.2 Å². The molecule has 0 saturated carbocycles. The molecule has 20 heavy (non-hydrogen) atoms. The van der Waals surface area contributed by atoms with Gasteiger partial charge in [0.15, 0.2) is 0 Å². The van der Waals surface area contributed by atoms with Gasteiger partial charge in [-0.25, -0.2) is 0 Å². The lowest BCUT2D eigenvalue weighted by molar-refractivity contribution is -0.118. The van der Waals surface area contributed by atoms with Crippen molar-refractivity contribution in [3.63, 3.8) is 0 Å². The quantitative estimate of drug-likeness (QED) is 0.612. The third kappa shape index (κ3) is 7.79. The van der Waals surface area contributed by atoms with Crippen molar-refractivity contribution in [1.82, 2.24) is 5.32 Å². The number of hydrogen-bond donors (Lipinski definition) is 2. The lowest BCUT2D eigenvalue weighted by atomic mass is 10.2. The lowest BCUT2D eigenvalue weighted by Gasteiger charge is -2.07. The fourth-order valence-electron chi connectivity index (χ4n) is 1.82. The maximum absolute atomic E-state index is 10.6. The van der Waals surface area contributed by atoms with Crippen molar-refractivity contribution >= 4 is 5.91 Å². The molecule has 0 saturated heterocycles. The Hall–Kier alpha value is -1.55. The van der Waals surface area contributed by atoms with Crippen LogP contribution in [0, 0.1) is 0 Å². The molecular weight excluding hydrogens is 252 g/mol. The highest BCUT2D eigenvalue weighted by atomic mass is 16.5. The van der Waals surface area contributed by atoms with E-state index in [1.54, 1.807) is 0 Å². The van der Waals surface area contributed by atoms with E-state index >= 15 is 0 Å². The Morgan fingerprint density at radius 2 is 1.95 bits per heavy atom. The molecule has 0 heterocycles. The molecule has 3 N–H and O–H groups in total. The highest BCUT2D eigenvalue weighted by Gasteiger charge is 1.97. The van der Waals surface area contributed by atoms with Crippen molar-refractivity contribution in [1.29, 1.82) is 0 Å². The van der Waals surface area contributed by atoms with Crippen molar-refractivity contribution in [3.05, 3.63) is 29.8 Å². The smallest absolute Gasteiger partial charge is 0.217 e. The number of carbonyl (C=O) groups excluding carboxylic acids is 1. The van der Waals surface area contributed by atoms with E-state index in [2.05, 4.69) is 24.4 Å². The molecule has 0 aliphatic heterocycles. The first-order chi connectivity index (χ1) is 9.72. The number of ether oxygens (including phenoxy) is 1. The Morgan fingerprint density at radius 1 is 1.20 bits per heavy atom. The van der Waals surface area contributed by atoms with Gasteiger partial charge in [0.05, 0.1) is 6.61 Å². The van der Waals surface area contributed by atoms with Crippen LogP contribution in [0.2, 0.25) is 0 Å². The van der Waals surface area contributed by atoms with E-state index in [1.165, 1.54) is 5.56 Å². The van der Waals surface area contributed by atoms with Crippen molar-refractivity contribution in [2.45, 2.75) is 45.6 Å². The molecule has 0 aliphatic carbocycles. The van der Waals surface area contributed by atoms with Gasteiger partial charge in [0, 0.05) is 13.0 Å². The normalized spacial score (nSPS) is 10.4. The summed E-state index contributed by atoms with van der Waals surface area (Å²) < 4.78 is 5.62. The Labute approximate surface area is 121 Å².